The molecule has 47 heavy (non-hydrogen) atoms. The van der Waals surface area contributed by atoms with Crippen LogP contribution in [0.4, 0.5) is 0 Å². The third-order valence-electron chi connectivity index (χ3n) is 13.5. The van der Waals surface area contributed by atoms with Gasteiger partial charge in [0.25, 0.3) is 0 Å². The molecule has 9 atom stereocenters. The number of hydrogen-bond acceptors (Lipinski definition) is 5. The summed E-state index contributed by atoms with van der Waals surface area (Å²) in [6, 6.07) is 0. The zero-order valence-electron chi connectivity index (χ0n) is 32.7. The molecule has 0 N–H and O–H groups in total. The van der Waals surface area contributed by atoms with Crippen LogP contribution < -0.4 is 0 Å². The van der Waals surface area contributed by atoms with E-state index in [-0.39, 0.29) is 33.8 Å². The minimum atomic E-state index is -2.29. The molecular formula is C39H71O5SSi2-. The van der Waals surface area contributed by atoms with Gasteiger partial charge in [-0.25, -0.2) is 0 Å². The van der Waals surface area contributed by atoms with Crippen LogP contribution in [0.1, 0.15) is 120 Å². The molecule has 3 rings (SSSR count). The number of fused-ring (bicyclic) bond motifs is 1. The Bertz CT molecular complexity index is 1180. The van der Waals surface area contributed by atoms with Crippen LogP contribution in [-0.4, -0.2) is 56.1 Å². The van der Waals surface area contributed by atoms with Crippen molar-refractivity contribution in [3.63, 3.8) is 0 Å². The topological polar surface area (TPSA) is 67.8 Å². The van der Waals surface area contributed by atoms with Crippen LogP contribution in [0, 0.1) is 23.2 Å². The lowest BCUT2D eigenvalue weighted by atomic mass is 9.60. The zero-order valence-corrected chi connectivity index (χ0v) is 35.5. The summed E-state index contributed by atoms with van der Waals surface area (Å²) < 4.78 is 47.1. The van der Waals surface area contributed by atoms with E-state index >= 15 is 0 Å². The van der Waals surface area contributed by atoms with Crippen molar-refractivity contribution in [3.8, 4) is 0 Å². The second kappa shape index (κ2) is 15.5. The first-order valence-corrected chi connectivity index (χ1v) is 25.5. The average Bonchev–Trinajstić information content (AvgIpc) is 3.29. The lowest BCUT2D eigenvalue weighted by Crippen LogP contribution is -2.49. The van der Waals surface area contributed by atoms with E-state index in [9.17, 15) is 8.76 Å². The fourth-order valence-electron chi connectivity index (χ4n) is 8.69. The van der Waals surface area contributed by atoms with Gasteiger partial charge in [0.1, 0.15) is 0 Å². The van der Waals surface area contributed by atoms with Gasteiger partial charge in [-0.1, -0.05) is 80.0 Å². The summed E-state index contributed by atoms with van der Waals surface area (Å²) in [6.07, 6.45) is 12.8. The molecule has 2 saturated carbocycles. The lowest BCUT2D eigenvalue weighted by molar-refractivity contribution is -0.00351. The van der Waals surface area contributed by atoms with E-state index in [0.29, 0.717) is 24.2 Å². The zero-order chi connectivity index (χ0) is 35.8. The average molecular weight is 708 g/mol. The number of hydrogen-bond donors (Lipinski definition) is 0. The first kappa shape index (κ1) is 41.1. The van der Waals surface area contributed by atoms with Crippen LogP contribution in [0.25, 0.3) is 0 Å². The molecule has 0 radical (unpaired) electrons. The van der Waals surface area contributed by atoms with Crippen molar-refractivity contribution >= 4 is 27.7 Å². The minimum Gasteiger partial charge on any atom is -0.772 e. The van der Waals surface area contributed by atoms with Gasteiger partial charge in [0, 0.05) is 13.5 Å². The van der Waals surface area contributed by atoms with Gasteiger partial charge < -0.3 is 18.1 Å². The second-order valence-electron chi connectivity index (χ2n) is 18.4. The fourth-order valence-corrected chi connectivity index (χ4v) is 12.1. The largest absolute Gasteiger partial charge is 0.772 e. The van der Waals surface area contributed by atoms with Gasteiger partial charge in [-0.15, -0.1) is 6.58 Å². The van der Waals surface area contributed by atoms with Gasteiger partial charge in [-0.3, -0.25) is 4.21 Å². The summed E-state index contributed by atoms with van der Waals surface area (Å²) in [5.41, 5.74) is 3.73. The van der Waals surface area contributed by atoms with E-state index in [0.717, 1.165) is 50.5 Å². The molecule has 272 valence electrons. The Morgan fingerprint density at radius 1 is 1.06 bits per heavy atom. The molecule has 5 nitrogen and oxygen atoms in total. The molecule has 0 spiro atoms. The van der Waals surface area contributed by atoms with Crippen molar-refractivity contribution in [2.24, 2.45) is 23.2 Å². The first-order valence-electron chi connectivity index (χ1n) is 18.5. The predicted octanol–water partition coefficient (Wildman–Crippen LogP) is 10.9. The second-order valence-corrected chi connectivity index (χ2v) is 28.9. The summed E-state index contributed by atoms with van der Waals surface area (Å²) in [4.78, 5) is 0. The molecule has 0 aromatic rings. The quantitative estimate of drug-likeness (QED) is 0.108. The normalized spacial score (nSPS) is 31.4. The van der Waals surface area contributed by atoms with Crippen molar-refractivity contribution in [1.82, 2.24) is 0 Å². The van der Waals surface area contributed by atoms with Gasteiger partial charge in [0.05, 0.1) is 23.6 Å². The third-order valence-corrected chi connectivity index (χ3v) is 23.4. The Hall–Kier alpha value is -0.356. The van der Waals surface area contributed by atoms with E-state index in [1.54, 1.807) is 0 Å². The lowest BCUT2D eigenvalue weighted by Gasteiger charge is -2.47. The van der Waals surface area contributed by atoms with Gasteiger partial charge in [-0.05, 0) is 133 Å². The highest BCUT2D eigenvalue weighted by molar-refractivity contribution is 7.80. The molecule has 3 aliphatic rings. The minimum absolute atomic E-state index is 0.0513. The van der Waals surface area contributed by atoms with Crippen molar-refractivity contribution in [3.05, 3.63) is 35.5 Å². The standard InChI is InChI=1S/C39H72O5SSi2/c1-16-19-34(42-11)27(3)32-21-22-33-28(20-18-23-39(32,33)10)24-36(45(40)41)31-25-29(43-46(12,13)37(4,5)6)26-35(30(31)17-2)44-47(14,15)38(7,8)9/h16,24,27,29,32-36H,1,17-23,25-26H2,2-15H3,(H,40,41)/p-1/b28-24+/t27-,29?,32?,33?,34?,35?,36?,39-/m1/s1. The van der Waals surface area contributed by atoms with Crippen LogP contribution in [0.3, 0.4) is 0 Å². The Morgan fingerprint density at radius 3 is 2.17 bits per heavy atom. The highest BCUT2D eigenvalue weighted by atomic mass is 32.2. The highest BCUT2D eigenvalue weighted by Gasteiger charge is 2.52. The van der Waals surface area contributed by atoms with Crippen molar-refractivity contribution < 1.29 is 22.4 Å². The summed E-state index contributed by atoms with van der Waals surface area (Å²) >= 11 is -2.29. The summed E-state index contributed by atoms with van der Waals surface area (Å²) in [6.45, 7) is 33.9. The van der Waals surface area contributed by atoms with E-state index in [1.807, 2.05) is 13.2 Å². The van der Waals surface area contributed by atoms with Crippen LogP contribution in [-0.2, 0) is 24.7 Å². The Labute approximate surface area is 294 Å². The number of ether oxygens (including phenoxy) is 1. The van der Waals surface area contributed by atoms with E-state index in [4.69, 9.17) is 13.6 Å². The van der Waals surface area contributed by atoms with Crippen molar-refractivity contribution in [2.45, 2.75) is 180 Å². The van der Waals surface area contributed by atoms with Crippen LogP contribution in [0.2, 0.25) is 36.3 Å². The van der Waals surface area contributed by atoms with E-state index in [1.165, 1.54) is 17.6 Å². The Morgan fingerprint density at radius 2 is 1.66 bits per heavy atom. The molecular weight excluding hydrogens is 637 g/mol. The van der Waals surface area contributed by atoms with Crippen LogP contribution in [0.15, 0.2) is 35.5 Å². The molecule has 0 aromatic carbocycles. The predicted molar refractivity (Wildman–Crippen MR) is 204 cm³/mol. The first-order chi connectivity index (χ1) is 21.5. The highest BCUT2D eigenvalue weighted by Crippen LogP contribution is 2.60. The maximum Gasteiger partial charge on any atom is 0.192 e. The molecule has 0 aromatic heterocycles. The number of allylic oxidation sites excluding steroid dienone is 1. The SMILES string of the molecule is C=CCC(OC)[C@H](C)C1CCC2/C(=C/C(C3=C(CC)C(O[Si](C)(C)C(C)(C)C)CC(O[Si](C)(C)C(C)(C)C)C3)S(=O)[O-])CCC[C@@]21C. The van der Waals surface area contributed by atoms with Crippen molar-refractivity contribution in [2.75, 3.05) is 7.11 Å². The Kier molecular flexibility index (Phi) is 13.5. The maximum atomic E-state index is 13.4. The number of methoxy groups -OCH3 is 1. The molecule has 7 unspecified atom stereocenters. The molecule has 0 aliphatic heterocycles. The van der Waals surface area contributed by atoms with Gasteiger partial charge in [0.2, 0.25) is 0 Å². The number of rotatable bonds is 13. The molecule has 0 heterocycles. The van der Waals surface area contributed by atoms with E-state index < -0.39 is 33.0 Å². The summed E-state index contributed by atoms with van der Waals surface area (Å²) in [5.74, 6) is 1.37. The molecule has 0 saturated heterocycles. The Balaban J connectivity index is 2.09. The van der Waals surface area contributed by atoms with Gasteiger partial charge in [0.15, 0.2) is 16.6 Å². The van der Waals surface area contributed by atoms with E-state index in [2.05, 4.69) is 101 Å². The van der Waals surface area contributed by atoms with Crippen LogP contribution in [0.5, 0.6) is 0 Å². The smallest absolute Gasteiger partial charge is 0.192 e. The summed E-state index contributed by atoms with van der Waals surface area (Å²) in [5, 5.41) is -0.531. The molecule has 3 aliphatic carbocycles. The monoisotopic (exact) mass is 707 g/mol. The molecule has 0 bridgehead atoms. The fraction of sp³-hybridized carbons (Fsp3) is 0.846. The molecule has 2 fully saturated rings. The van der Waals surface area contributed by atoms with Crippen LogP contribution >= 0.6 is 0 Å². The third kappa shape index (κ3) is 8.93. The van der Waals surface area contributed by atoms with Gasteiger partial charge >= 0.3 is 0 Å². The van der Waals surface area contributed by atoms with Crippen molar-refractivity contribution in [1.29, 1.82) is 0 Å². The summed E-state index contributed by atoms with van der Waals surface area (Å²) in [7, 11) is -2.41. The maximum absolute atomic E-state index is 13.4. The molecule has 8 heteroatoms. The van der Waals surface area contributed by atoms with Gasteiger partial charge in [-0.2, -0.15) is 0 Å². The molecule has 0 amide bonds.